The van der Waals surface area contributed by atoms with Crippen molar-refractivity contribution in [3.63, 3.8) is 0 Å². The number of benzene rings is 2. The third-order valence-electron chi connectivity index (χ3n) is 5.83. The molecular formula is C25H31N3O5. The van der Waals surface area contributed by atoms with E-state index in [4.69, 9.17) is 19.9 Å². The van der Waals surface area contributed by atoms with Crippen molar-refractivity contribution < 1.29 is 23.8 Å². The van der Waals surface area contributed by atoms with Gasteiger partial charge in [-0.3, -0.25) is 9.59 Å². The van der Waals surface area contributed by atoms with E-state index in [0.29, 0.717) is 37.5 Å². The molecule has 2 heterocycles. The van der Waals surface area contributed by atoms with Crippen molar-refractivity contribution in [3.8, 4) is 5.75 Å². The van der Waals surface area contributed by atoms with E-state index in [1.807, 2.05) is 38.1 Å². The van der Waals surface area contributed by atoms with Crippen molar-refractivity contribution in [3.05, 3.63) is 65.2 Å². The van der Waals surface area contributed by atoms with E-state index >= 15 is 0 Å². The normalized spacial score (nSPS) is 21.0. The molecule has 2 unspecified atom stereocenters. The Morgan fingerprint density at radius 1 is 1.03 bits per heavy atom. The predicted molar refractivity (Wildman–Crippen MR) is 123 cm³/mol. The molecule has 0 spiro atoms. The van der Waals surface area contributed by atoms with Crippen LogP contribution in [0.15, 0.2) is 48.5 Å². The second-order valence-corrected chi connectivity index (χ2v) is 8.86. The van der Waals surface area contributed by atoms with Gasteiger partial charge in [0, 0.05) is 25.2 Å². The molecule has 2 aromatic rings. The molecule has 33 heavy (non-hydrogen) atoms. The highest BCUT2D eigenvalue weighted by atomic mass is 16.8. The molecule has 0 saturated carbocycles. The SMILES string of the molecule is CC1(C)OC2CN(C(=O)COc3ccc(CNC(=O)c4ccc(CCN)cc4)cc3)CC2O1. The van der Waals surface area contributed by atoms with Crippen molar-refractivity contribution in [1.82, 2.24) is 10.2 Å². The van der Waals surface area contributed by atoms with Gasteiger partial charge in [-0.25, -0.2) is 0 Å². The monoisotopic (exact) mass is 453 g/mol. The minimum absolute atomic E-state index is 0.0426. The summed E-state index contributed by atoms with van der Waals surface area (Å²) in [6.07, 6.45) is 0.631. The van der Waals surface area contributed by atoms with Gasteiger partial charge in [0.25, 0.3) is 11.8 Å². The Kier molecular flexibility index (Phi) is 6.97. The number of nitrogens with one attached hydrogen (secondary N) is 1. The number of nitrogens with two attached hydrogens (primary N) is 1. The molecule has 0 bridgehead atoms. The molecule has 3 N–H and O–H groups in total. The number of rotatable bonds is 8. The lowest BCUT2D eigenvalue weighted by Crippen LogP contribution is -2.36. The van der Waals surface area contributed by atoms with E-state index in [0.717, 1.165) is 17.5 Å². The molecule has 0 aromatic heterocycles. The fraction of sp³-hybridized carbons (Fsp3) is 0.440. The second kappa shape index (κ2) is 9.91. The maximum Gasteiger partial charge on any atom is 0.260 e. The summed E-state index contributed by atoms with van der Waals surface area (Å²) in [6.45, 7) is 5.75. The zero-order chi connectivity index (χ0) is 23.4. The van der Waals surface area contributed by atoms with Gasteiger partial charge in [0.05, 0.1) is 0 Å². The Labute approximate surface area is 194 Å². The van der Waals surface area contributed by atoms with Gasteiger partial charge >= 0.3 is 0 Å². The summed E-state index contributed by atoms with van der Waals surface area (Å²) in [5.74, 6) is -0.214. The summed E-state index contributed by atoms with van der Waals surface area (Å²) >= 11 is 0. The van der Waals surface area contributed by atoms with Crippen LogP contribution >= 0.6 is 0 Å². The van der Waals surface area contributed by atoms with Crippen LogP contribution in [-0.4, -0.2) is 61.0 Å². The van der Waals surface area contributed by atoms with Gasteiger partial charge in [0.15, 0.2) is 12.4 Å². The average Bonchev–Trinajstić information content (AvgIpc) is 3.31. The van der Waals surface area contributed by atoms with Crippen LogP contribution in [0.1, 0.15) is 35.3 Å². The first kappa shape index (κ1) is 23.2. The van der Waals surface area contributed by atoms with Crippen LogP contribution in [-0.2, 0) is 27.2 Å². The summed E-state index contributed by atoms with van der Waals surface area (Å²) in [4.78, 5) is 26.5. The Balaban J connectivity index is 1.20. The topological polar surface area (TPSA) is 103 Å². The first-order valence-electron chi connectivity index (χ1n) is 11.3. The lowest BCUT2D eigenvalue weighted by Gasteiger charge is -2.23. The first-order valence-corrected chi connectivity index (χ1v) is 11.3. The van der Waals surface area contributed by atoms with Crippen LogP contribution in [0.2, 0.25) is 0 Å². The smallest absolute Gasteiger partial charge is 0.260 e. The molecular weight excluding hydrogens is 422 g/mol. The Hall–Kier alpha value is -2.94. The van der Waals surface area contributed by atoms with Crippen LogP contribution in [0.25, 0.3) is 0 Å². The van der Waals surface area contributed by atoms with Crippen molar-refractivity contribution in [2.24, 2.45) is 5.73 Å². The molecule has 2 amide bonds. The summed E-state index contributed by atoms with van der Waals surface area (Å²) in [5.41, 5.74) is 8.21. The van der Waals surface area contributed by atoms with E-state index in [9.17, 15) is 9.59 Å². The van der Waals surface area contributed by atoms with Crippen LogP contribution in [0.5, 0.6) is 5.75 Å². The van der Waals surface area contributed by atoms with Crippen LogP contribution in [0.3, 0.4) is 0 Å². The number of fused-ring (bicyclic) bond motifs is 1. The van der Waals surface area contributed by atoms with Crippen LogP contribution in [0.4, 0.5) is 0 Å². The molecule has 2 aliphatic heterocycles. The number of carbonyl (C=O) groups is 2. The van der Waals surface area contributed by atoms with Crippen molar-refractivity contribution in [1.29, 1.82) is 0 Å². The zero-order valence-corrected chi connectivity index (χ0v) is 19.1. The van der Waals surface area contributed by atoms with E-state index in [1.165, 1.54) is 0 Å². The molecule has 2 atom stereocenters. The first-order chi connectivity index (χ1) is 15.8. The molecule has 2 saturated heterocycles. The number of ether oxygens (including phenoxy) is 3. The average molecular weight is 454 g/mol. The minimum atomic E-state index is -0.586. The standard InChI is InChI=1S/C25H31N3O5/c1-25(2)32-21-14-28(15-22(21)33-25)23(29)16-31-20-9-5-18(6-10-20)13-27-24(30)19-7-3-17(4-8-19)11-12-26/h3-10,21-22H,11-16,26H2,1-2H3,(H,27,30). The maximum atomic E-state index is 12.5. The van der Waals surface area contributed by atoms with Crippen molar-refractivity contribution >= 4 is 11.8 Å². The highest BCUT2D eigenvalue weighted by molar-refractivity contribution is 5.94. The van der Waals surface area contributed by atoms with E-state index < -0.39 is 5.79 Å². The molecule has 0 radical (unpaired) electrons. The molecule has 0 aliphatic carbocycles. The van der Waals surface area contributed by atoms with Gasteiger partial charge in [0.1, 0.15) is 18.0 Å². The number of hydrogen-bond donors (Lipinski definition) is 2. The molecule has 8 heteroatoms. The molecule has 2 aliphatic rings. The fourth-order valence-corrected chi connectivity index (χ4v) is 4.14. The highest BCUT2D eigenvalue weighted by Crippen LogP contribution is 2.32. The molecule has 2 aromatic carbocycles. The third-order valence-corrected chi connectivity index (χ3v) is 5.83. The van der Waals surface area contributed by atoms with Gasteiger partial charge in [-0.1, -0.05) is 24.3 Å². The number of nitrogens with zero attached hydrogens (tertiary/aromatic N) is 1. The molecule has 8 nitrogen and oxygen atoms in total. The number of hydrogen-bond acceptors (Lipinski definition) is 6. The largest absolute Gasteiger partial charge is 0.484 e. The summed E-state index contributed by atoms with van der Waals surface area (Å²) < 4.78 is 17.3. The quantitative estimate of drug-likeness (QED) is 0.633. The Morgan fingerprint density at radius 3 is 2.24 bits per heavy atom. The number of likely N-dealkylation sites (tertiary alicyclic amines) is 1. The zero-order valence-electron chi connectivity index (χ0n) is 19.1. The van der Waals surface area contributed by atoms with E-state index in [2.05, 4.69) is 5.32 Å². The van der Waals surface area contributed by atoms with E-state index in [-0.39, 0.29) is 30.6 Å². The third kappa shape index (κ3) is 5.90. The Bertz CT molecular complexity index is 959. The van der Waals surface area contributed by atoms with Crippen molar-refractivity contribution in [2.75, 3.05) is 26.2 Å². The van der Waals surface area contributed by atoms with Gasteiger partial charge in [0.2, 0.25) is 0 Å². The minimum Gasteiger partial charge on any atom is -0.484 e. The van der Waals surface area contributed by atoms with Crippen LogP contribution in [0, 0.1) is 0 Å². The van der Waals surface area contributed by atoms with Gasteiger partial charge in [-0.05, 0) is 62.2 Å². The second-order valence-electron chi connectivity index (χ2n) is 8.86. The summed E-state index contributed by atoms with van der Waals surface area (Å²) in [6, 6.07) is 14.8. The van der Waals surface area contributed by atoms with Gasteiger partial charge in [-0.15, -0.1) is 0 Å². The fourth-order valence-electron chi connectivity index (χ4n) is 4.14. The van der Waals surface area contributed by atoms with Gasteiger partial charge < -0.3 is 30.2 Å². The summed E-state index contributed by atoms with van der Waals surface area (Å²) in [7, 11) is 0. The number of carbonyl (C=O) groups excluding carboxylic acids is 2. The maximum absolute atomic E-state index is 12.5. The Morgan fingerprint density at radius 2 is 1.64 bits per heavy atom. The van der Waals surface area contributed by atoms with Crippen LogP contribution < -0.4 is 15.8 Å². The highest BCUT2D eigenvalue weighted by Gasteiger charge is 2.47. The lowest BCUT2D eigenvalue weighted by atomic mass is 10.1. The predicted octanol–water partition coefficient (Wildman–Crippen LogP) is 1.86. The van der Waals surface area contributed by atoms with Gasteiger partial charge in [-0.2, -0.15) is 0 Å². The van der Waals surface area contributed by atoms with E-state index in [1.54, 1.807) is 29.2 Å². The lowest BCUT2D eigenvalue weighted by molar-refractivity contribution is -0.161. The van der Waals surface area contributed by atoms with Crippen molar-refractivity contribution in [2.45, 2.75) is 44.8 Å². The summed E-state index contributed by atoms with van der Waals surface area (Å²) in [5, 5.41) is 2.91. The number of amides is 2. The molecule has 4 rings (SSSR count). The molecule has 2 fully saturated rings. The molecule has 176 valence electrons.